The molecule has 0 aliphatic carbocycles. The summed E-state index contributed by atoms with van der Waals surface area (Å²) in [4.78, 5) is 40.0. The van der Waals surface area contributed by atoms with E-state index in [1.807, 2.05) is 0 Å². The van der Waals surface area contributed by atoms with Crippen molar-refractivity contribution in [2.45, 2.75) is 19.1 Å². The Bertz CT molecular complexity index is 716. The first-order valence-corrected chi connectivity index (χ1v) is 8.01. The van der Waals surface area contributed by atoms with Gasteiger partial charge in [0.25, 0.3) is 5.56 Å². The predicted molar refractivity (Wildman–Crippen MR) is 82.7 cm³/mol. The van der Waals surface area contributed by atoms with Crippen molar-refractivity contribution in [1.29, 1.82) is 0 Å². The van der Waals surface area contributed by atoms with Gasteiger partial charge in [-0.05, 0) is 22.4 Å². The van der Waals surface area contributed by atoms with E-state index >= 15 is 0 Å². The second kappa shape index (κ2) is 7.51. The number of carbonyl (C=O) groups excluding carboxylic acids is 1. The van der Waals surface area contributed by atoms with Gasteiger partial charge in [-0.2, -0.15) is 13.2 Å². The zero-order valence-corrected chi connectivity index (χ0v) is 14.2. The molecule has 134 valence electrons. The van der Waals surface area contributed by atoms with Gasteiger partial charge in [0.05, 0.1) is 11.0 Å². The molecule has 1 aromatic heterocycles. The number of rotatable bonds is 3. The zero-order chi connectivity index (χ0) is 17.9. The van der Waals surface area contributed by atoms with Gasteiger partial charge < -0.3 is 4.90 Å². The molecule has 24 heavy (non-hydrogen) atoms. The summed E-state index contributed by atoms with van der Waals surface area (Å²) in [7, 11) is 0. The first-order valence-electron chi connectivity index (χ1n) is 7.22. The minimum absolute atomic E-state index is 0.113. The number of aromatic nitrogens is 2. The van der Waals surface area contributed by atoms with Gasteiger partial charge in [-0.3, -0.25) is 24.0 Å². The van der Waals surface area contributed by atoms with Crippen LogP contribution in [0.2, 0.25) is 0 Å². The van der Waals surface area contributed by atoms with Gasteiger partial charge in [0.15, 0.2) is 0 Å². The Hall–Kier alpha value is -1.62. The van der Waals surface area contributed by atoms with Crippen LogP contribution in [-0.4, -0.2) is 64.2 Å². The highest BCUT2D eigenvalue weighted by atomic mass is 79.9. The Labute approximate surface area is 143 Å². The maximum Gasteiger partial charge on any atom is 0.401 e. The van der Waals surface area contributed by atoms with Gasteiger partial charge in [-0.1, -0.05) is 0 Å². The van der Waals surface area contributed by atoms with E-state index in [-0.39, 0.29) is 36.6 Å². The second-order valence-corrected chi connectivity index (χ2v) is 6.34. The second-order valence-electron chi connectivity index (χ2n) is 5.49. The highest BCUT2D eigenvalue weighted by Gasteiger charge is 2.31. The van der Waals surface area contributed by atoms with Crippen LogP contribution in [0, 0.1) is 0 Å². The Morgan fingerprint density at radius 3 is 2.58 bits per heavy atom. The van der Waals surface area contributed by atoms with Crippen LogP contribution < -0.4 is 11.2 Å². The summed E-state index contributed by atoms with van der Waals surface area (Å²) in [6.07, 6.45) is -2.63. The molecular formula is C13H16BrF3N4O3. The molecule has 1 amide bonds. The Morgan fingerprint density at radius 2 is 1.92 bits per heavy atom. The quantitative estimate of drug-likeness (QED) is 0.778. The molecule has 0 aromatic carbocycles. The molecule has 1 fully saturated rings. The molecule has 1 aliphatic rings. The number of alkyl halides is 3. The summed E-state index contributed by atoms with van der Waals surface area (Å²) < 4.78 is 38.5. The van der Waals surface area contributed by atoms with Crippen molar-refractivity contribution in [3.8, 4) is 0 Å². The lowest BCUT2D eigenvalue weighted by Crippen LogP contribution is -2.41. The molecule has 0 radical (unpaired) electrons. The number of amides is 1. The molecule has 2 rings (SSSR count). The molecule has 1 saturated heterocycles. The van der Waals surface area contributed by atoms with Crippen molar-refractivity contribution in [2.75, 3.05) is 32.7 Å². The first kappa shape index (κ1) is 18.7. The van der Waals surface area contributed by atoms with Gasteiger partial charge in [0.1, 0.15) is 6.54 Å². The van der Waals surface area contributed by atoms with Crippen LogP contribution in [0.25, 0.3) is 0 Å². The van der Waals surface area contributed by atoms with Gasteiger partial charge >= 0.3 is 11.9 Å². The zero-order valence-electron chi connectivity index (χ0n) is 12.6. The third-order valence-electron chi connectivity index (χ3n) is 3.62. The van der Waals surface area contributed by atoms with Crippen molar-refractivity contribution < 1.29 is 18.0 Å². The van der Waals surface area contributed by atoms with Crippen LogP contribution in [0.5, 0.6) is 0 Å². The fourth-order valence-corrected chi connectivity index (χ4v) is 2.82. The SMILES string of the molecule is O=C(Cn1cc(Br)c(=O)[nH]c1=O)N1CCCN(CC(F)(F)F)CC1. The summed E-state index contributed by atoms with van der Waals surface area (Å²) in [6, 6.07) is 0. The van der Waals surface area contributed by atoms with E-state index in [2.05, 4.69) is 20.9 Å². The van der Waals surface area contributed by atoms with Crippen LogP contribution in [0.3, 0.4) is 0 Å². The lowest BCUT2D eigenvalue weighted by atomic mass is 10.3. The van der Waals surface area contributed by atoms with Crippen LogP contribution in [0.15, 0.2) is 20.3 Å². The summed E-state index contributed by atoms with van der Waals surface area (Å²) in [5.41, 5.74) is -1.31. The molecule has 2 heterocycles. The third kappa shape index (κ3) is 5.20. The van der Waals surface area contributed by atoms with Crippen LogP contribution in [0.4, 0.5) is 13.2 Å². The van der Waals surface area contributed by atoms with E-state index in [1.165, 1.54) is 16.0 Å². The predicted octanol–water partition coefficient (Wildman–Crippen LogP) is 0.396. The molecule has 0 bridgehead atoms. The van der Waals surface area contributed by atoms with Crippen molar-refractivity contribution >= 4 is 21.8 Å². The molecule has 11 heteroatoms. The van der Waals surface area contributed by atoms with Crippen LogP contribution in [-0.2, 0) is 11.3 Å². The van der Waals surface area contributed by atoms with Gasteiger partial charge in [0, 0.05) is 32.4 Å². The molecular weight excluding hydrogens is 397 g/mol. The van der Waals surface area contributed by atoms with Crippen molar-refractivity contribution in [2.24, 2.45) is 0 Å². The number of nitrogens with one attached hydrogen (secondary N) is 1. The number of aromatic amines is 1. The maximum absolute atomic E-state index is 12.4. The smallest absolute Gasteiger partial charge is 0.340 e. The van der Waals surface area contributed by atoms with Crippen LogP contribution in [0.1, 0.15) is 6.42 Å². The lowest BCUT2D eigenvalue weighted by Gasteiger charge is -2.23. The summed E-state index contributed by atoms with van der Waals surface area (Å²) >= 11 is 2.97. The molecule has 7 nitrogen and oxygen atoms in total. The number of hydrogen-bond donors (Lipinski definition) is 1. The first-order chi connectivity index (χ1) is 11.2. The van der Waals surface area contributed by atoms with E-state index in [4.69, 9.17) is 0 Å². The normalized spacial score (nSPS) is 16.9. The third-order valence-corrected chi connectivity index (χ3v) is 4.18. The number of nitrogens with zero attached hydrogens (tertiary/aromatic N) is 3. The molecule has 0 atom stereocenters. The standard InChI is InChI=1S/C13H16BrF3N4O3/c14-9-6-21(12(24)18-11(9)23)7-10(22)20-3-1-2-19(4-5-20)8-13(15,16)17/h6H,1-5,7-8H2,(H,18,23,24). The number of hydrogen-bond acceptors (Lipinski definition) is 4. The van der Waals surface area contributed by atoms with Crippen molar-refractivity contribution in [3.05, 3.63) is 31.5 Å². The lowest BCUT2D eigenvalue weighted by molar-refractivity contribution is -0.145. The van der Waals surface area contributed by atoms with Crippen molar-refractivity contribution in [3.63, 3.8) is 0 Å². The Kier molecular flexibility index (Phi) is 5.86. The van der Waals surface area contributed by atoms with E-state index < -0.39 is 24.0 Å². The largest absolute Gasteiger partial charge is 0.401 e. The average Bonchev–Trinajstić information content (AvgIpc) is 2.68. The van der Waals surface area contributed by atoms with Gasteiger partial charge in [-0.15, -0.1) is 0 Å². The fourth-order valence-electron chi connectivity index (χ4n) is 2.48. The number of carbonyl (C=O) groups is 1. The minimum atomic E-state index is -4.27. The number of halogens is 4. The molecule has 1 N–H and O–H groups in total. The molecule has 1 aliphatic heterocycles. The molecule has 1 aromatic rings. The minimum Gasteiger partial charge on any atom is -0.340 e. The fraction of sp³-hybridized carbons (Fsp3) is 0.615. The average molecular weight is 413 g/mol. The highest BCUT2D eigenvalue weighted by Crippen LogP contribution is 2.17. The Morgan fingerprint density at radius 1 is 1.21 bits per heavy atom. The summed E-state index contributed by atoms with van der Waals surface area (Å²) in [5, 5.41) is 0. The van der Waals surface area contributed by atoms with E-state index in [0.717, 1.165) is 4.57 Å². The summed E-state index contributed by atoms with van der Waals surface area (Å²) in [5.74, 6) is -0.384. The van der Waals surface area contributed by atoms with Crippen LogP contribution >= 0.6 is 15.9 Å². The molecule has 0 unspecified atom stereocenters. The van der Waals surface area contributed by atoms with E-state index in [0.29, 0.717) is 13.0 Å². The maximum atomic E-state index is 12.4. The number of H-pyrrole nitrogens is 1. The summed E-state index contributed by atoms with van der Waals surface area (Å²) in [6.45, 7) is -0.418. The van der Waals surface area contributed by atoms with Gasteiger partial charge in [0.2, 0.25) is 5.91 Å². The van der Waals surface area contributed by atoms with Crippen molar-refractivity contribution in [1.82, 2.24) is 19.4 Å². The Balaban J connectivity index is 2.00. The highest BCUT2D eigenvalue weighted by molar-refractivity contribution is 9.10. The van der Waals surface area contributed by atoms with E-state index in [1.54, 1.807) is 0 Å². The monoisotopic (exact) mass is 412 g/mol. The molecule has 0 saturated carbocycles. The topological polar surface area (TPSA) is 78.4 Å². The molecule has 0 spiro atoms. The van der Waals surface area contributed by atoms with Gasteiger partial charge in [-0.25, -0.2) is 4.79 Å². The van der Waals surface area contributed by atoms with E-state index in [9.17, 15) is 27.6 Å².